The van der Waals surface area contributed by atoms with E-state index in [1.54, 1.807) is 18.2 Å². The second kappa shape index (κ2) is 6.01. The third-order valence-electron chi connectivity index (χ3n) is 2.93. The average Bonchev–Trinajstić information content (AvgIpc) is 2.47. The van der Waals surface area contributed by atoms with Crippen molar-refractivity contribution in [3.8, 4) is 11.5 Å². The molecule has 0 unspecified atom stereocenters. The quantitative estimate of drug-likeness (QED) is 0.845. The Morgan fingerprint density at radius 3 is 2.33 bits per heavy atom. The molecule has 2 N–H and O–H groups in total. The molecule has 0 aliphatic rings. The van der Waals surface area contributed by atoms with Gasteiger partial charge in [0, 0.05) is 18.0 Å². The van der Waals surface area contributed by atoms with Crippen LogP contribution in [0.2, 0.25) is 0 Å². The van der Waals surface area contributed by atoms with Crippen LogP contribution in [-0.2, 0) is 15.6 Å². The highest BCUT2D eigenvalue weighted by Crippen LogP contribution is 2.31. The summed E-state index contributed by atoms with van der Waals surface area (Å²) in [6.45, 7) is 0. The fraction of sp³-hybridized carbons (Fsp3) is 0.214. The number of aromatic nitrogens is 1. The van der Waals surface area contributed by atoms with Crippen LogP contribution in [0.25, 0.3) is 0 Å². The van der Waals surface area contributed by atoms with Gasteiger partial charge in [0.25, 0.3) is 0 Å². The van der Waals surface area contributed by atoms with Gasteiger partial charge in [-0.1, -0.05) is 0 Å². The van der Waals surface area contributed by atoms with Crippen LogP contribution in [0.5, 0.6) is 11.5 Å². The van der Waals surface area contributed by atoms with Crippen molar-refractivity contribution in [2.75, 3.05) is 20.0 Å². The zero-order valence-corrected chi connectivity index (χ0v) is 12.6. The number of hydrogen-bond acceptors (Lipinski definition) is 6. The fourth-order valence-corrected chi connectivity index (χ4v) is 3.17. The van der Waals surface area contributed by atoms with E-state index in [1.807, 2.05) is 0 Å². The summed E-state index contributed by atoms with van der Waals surface area (Å²) in [7, 11) is -0.616. The first-order valence-corrected chi connectivity index (χ1v) is 7.77. The minimum atomic E-state index is -3.54. The predicted octanol–water partition coefficient (Wildman–Crippen LogP) is 1.65. The summed E-state index contributed by atoms with van der Waals surface area (Å²) in [6.07, 6.45) is 1.48. The normalized spacial score (nSPS) is 11.1. The number of hydrogen-bond donors (Lipinski definition) is 1. The fourth-order valence-electron chi connectivity index (χ4n) is 1.89. The zero-order chi connectivity index (χ0) is 15.5. The third-order valence-corrected chi connectivity index (χ3v) is 4.58. The molecular formula is C14H16N2O4S. The summed E-state index contributed by atoms with van der Waals surface area (Å²) in [6, 6.07) is 7.64. The molecule has 1 aromatic heterocycles. The van der Waals surface area contributed by atoms with Gasteiger partial charge in [-0.3, -0.25) is 4.98 Å². The molecule has 7 heteroatoms. The molecule has 0 saturated heterocycles. The maximum Gasteiger partial charge on any atom is 0.184 e. The van der Waals surface area contributed by atoms with Gasteiger partial charge in [-0.15, -0.1) is 0 Å². The molecule has 21 heavy (non-hydrogen) atoms. The van der Waals surface area contributed by atoms with Crippen LogP contribution in [-0.4, -0.2) is 27.6 Å². The van der Waals surface area contributed by atoms with Crippen molar-refractivity contribution in [2.45, 2.75) is 10.6 Å². The summed E-state index contributed by atoms with van der Waals surface area (Å²) in [4.78, 5) is 4.26. The van der Waals surface area contributed by atoms with Crippen LogP contribution in [0.3, 0.4) is 0 Å². The highest BCUT2D eigenvalue weighted by molar-refractivity contribution is 7.90. The van der Waals surface area contributed by atoms with Crippen molar-refractivity contribution >= 4 is 15.5 Å². The van der Waals surface area contributed by atoms with Crippen LogP contribution in [0.1, 0.15) is 5.69 Å². The Kier molecular flexibility index (Phi) is 4.32. The smallest absolute Gasteiger partial charge is 0.184 e. The first kappa shape index (κ1) is 15.1. The lowest BCUT2D eigenvalue weighted by atomic mass is 10.3. The van der Waals surface area contributed by atoms with Gasteiger partial charge < -0.3 is 15.2 Å². The van der Waals surface area contributed by atoms with Crippen molar-refractivity contribution in [1.29, 1.82) is 0 Å². The monoisotopic (exact) mass is 308 g/mol. The molecule has 0 spiro atoms. The van der Waals surface area contributed by atoms with Crippen LogP contribution in [0.4, 0.5) is 5.69 Å². The topological polar surface area (TPSA) is 91.5 Å². The number of ether oxygens (including phenoxy) is 2. The van der Waals surface area contributed by atoms with Crippen molar-refractivity contribution in [3.63, 3.8) is 0 Å². The Bertz CT molecular complexity index is 727. The van der Waals surface area contributed by atoms with Gasteiger partial charge in [0.1, 0.15) is 11.4 Å². The Morgan fingerprint density at radius 2 is 1.76 bits per heavy atom. The summed E-state index contributed by atoms with van der Waals surface area (Å²) >= 11 is 0. The van der Waals surface area contributed by atoms with Gasteiger partial charge in [0.05, 0.1) is 19.1 Å². The molecule has 2 rings (SSSR count). The third kappa shape index (κ3) is 3.25. The number of anilines is 1. The van der Waals surface area contributed by atoms with E-state index >= 15 is 0 Å². The average molecular weight is 308 g/mol. The molecule has 0 bridgehead atoms. The van der Waals surface area contributed by atoms with E-state index in [0.717, 1.165) is 0 Å². The van der Waals surface area contributed by atoms with Gasteiger partial charge in [-0.25, -0.2) is 8.42 Å². The maximum atomic E-state index is 12.4. The lowest BCUT2D eigenvalue weighted by Gasteiger charge is -2.12. The number of nitrogens with zero attached hydrogens (tertiary/aromatic N) is 1. The van der Waals surface area contributed by atoms with Crippen LogP contribution in [0.15, 0.2) is 41.4 Å². The molecule has 1 aromatic carbocycles. The van der Waals surface area contributed by atoms with Gasteiger partial charge >= 0.3 is 0 Å². The van der Waals surface area contributed by atoms with E-state index in [0.29, 0.717) is 22.9 Å². The molecular weight excluding hydrogens is 292 g/mol. The summed E-state index contributed by atoms with van der Waals surface area (Å²) in [5, 5.41) is 0. The molecule has 0 fully saturated rings. The van der Waals surface area contributed by atoms with Gasteiger partial charge in [-0.05, 0) is 24.3 Å². The second-order valence-corrected chi connectivity index (χ2v) is 6.31. The number of nitrogen functional groups attached to an aromatic ring is 1. The standard InChI is InChI=1S/C14H16N2O4S/c1-19-13-7-8-16-12(14(13)20-2)9-21(17,18)11-5-3-10(15)4-6-11/h3-8H,9,15H2,1-2H3. The molecule has 0 saturated carbocycles. The number of pyridine rings is 1. The summed E-state index contributed by atoms with van der Waals surface area (Å²) in [5.41, 5.74) is 6.37. The molecule has 0 amide bonds. The molecule has 6 nitrogen and oxygen atoms in total. The van der Waals surface area contributed by atoms with Gasteiger partial charge in [0.2, 0.25) is 0 Å². The molecule has 2 aromatic rings. The highest BCUT2D eigenvalue weighted by Gasteiger charge is 2.21. The van der Waals surface area contributed by atoms with E-state index in [-0.39, 0.29) is 10.6 Å². The number of rotatable bonds is 5. The zero-order valence-electron chi connectivity index (χ0n) is 11.7. The molecule has 0 aliphatic heterocycles. The predicted molar refractivity (Wildman–Crippen MR) is 79.1 cm³/mol. The molecule has 0 atom stereocenters. The Hall–Kier alpha value is -2.28. The van der Waals surface area contributed by atoms with Crippen molar-refractivity contribution in [2.24, 2.45) is 0 Å². The Morgan fingerprint density at radius 1 is 1.10 bits per heavy atom. The highest BCUT2D eigenvalue weighted by atomic mass is 32.2. The van der Waals surface area contributed by atoms with Gasteiger partial charge in [0.15, 0.2) is 21.3 Å². The van der Waals surface area contributed by atoms with Crippen molar-refractivity contribution in [1.82, 2.24) is 4.98 Å². The van der Waals surface area contributed by atoms with E-state index in [9.17, 15) is 8.42 Å². The number of nitrogens with two attached hydrogens (primary N) is 1. The second-order valence-electron chi connectivity index (χ2n) is 4.32. The maximum absolute atomic E-state index is 12.4. The largest absolute Gasteiger partial charge is 0.493 e. The van der Waals surface area contributed by atoms with E-state index in [4.69, 9.17) is 15.2 Å². The van der Waals surface area contributed by atoms with Gasteiger partial charge in [-0.2, -0.15) is 0 Å². The molecule has 1 heterocycles. The van der Waals surface area contributed by atoms with Crippen LogP contribution in [0, 0.1) is 0 Å². The van der Waals surface area contributed by atoms with Crippen LogP contribution < -0.4 is 15.2 Å². The van der Waals surface area contributed by atoms with E-state index in [2.05, 4.69) is 4.98 Å². The molecule has 0 radical (unpaired) electrons. The van der Waals surface area contributed by atoms with Crippen LogP contribution >= 0.6 is 0 Å². The number of methoxy groups -OCH3 is 2. The number of benzene rings is 1. The van der Waals surface area contributed by atoms with Crippen molar-refractivity contribution < 1.29 is 17.9 Å². The minimum Gasteiger partial charge on any atom is -0.493 e. The lowest BCUT2D eigenvalue weighted by Crippen LogP contribution is -2.08. The molecule has 0 aliphatic carbocycles. The Balaban J connectivity index is 2.39. The Labute approximate surface area is 123 Å². The minimum absolute atomic E-state index is 0.184. The SMILES string of the molecule is COc1ccnc(CS(=O)(=O)c2ccc(N)cc2)c1OC. The summed E-state index contributed by atoms with van der Waals surface area (Å²) < 4.78 is 35.1. The van der Waals surface area contributed by atoms with E-state index in [1.165, 1.54) is 32.5 Å². The molecule has 112 valence electrons. The number of sulfone groups is 1. The lowest BCUT2D eigenvalue weighted by molar-refractivity contribution is 0.350. The first-order valence-electron chi connectivity index (χ1n) is 6.12. The first-order chi connectivity index (χ1) is 9.97. The van der Waals surface area contributed by atoms with E-state index < -0.39 is 9.84 Å². The van der Waals surface area contributed by atoms with Crippen molar-refractivity contribution in [3.05, 3.63) is 42.2 Å². The summed E-state index contributed by atoms with van der Waals surface area (Å²) in [5.74, 6) is 0.478.